The standard InChI is InChI=1S/C24H24N4O2.C22H19F3N4O2.C21H19ClN4O2/c1-14-25-11-17(12-26-14)16-7-8-19-20(9-16)28(23(29)24(19,2)3)18-10-21(30-4)22(27-13-18)15-5-6-15;1-13-26-9-15(10-27-13)14-4-6-17-18(8-14)29(20(30)21(17,2)3)16-5-7-19(28-11-16)31-12-22(23,24)25;1-12-23-9-14(10-24-12)13-5-6-16-17(7-13)26(20(27)21(16,2)3)15-8-18(28-4)19(22)25-11-15/h7-13,15H,5-6H2,1-4H3;4-11H,12H2,1-3H3;5-11H,1-4H3. The van der Waals surface area contributed by atoms with Crippen molar-refractivity contribution in [1.82, 2.24) is 44.9 Å². The van der Waals surface area contributed by atoms with Crippen LogP contribution in [0, 0.1) is 20.8 Å². The maximum atomic E-state index is 13.4. The number of fused-ring (bicyclic) bond motifs is 3. The molecule has 1 saturated carbocycles. The summed E-state index contributed by atoms with van der Waals surface area (Å²) in [5.41, 5.74) is 11.2. The first-order valence-electron chi connectivity index (χ1n) is 28.5. The van der Waals surface area contributed by atoms with Crippen LogP contribution in [0.25, 0.3) is 33.4 Å². The fourth-order valence-corrected chi connectivity index (χ4v) is 11.2. The van der Waals surface area contributed by atoms with E-state index in [1.807, 2.05) is 128 Å². The third kappa shape index (κ3) is 11.8. The average Bonchev–Trinajstić information content (AvgIpc) is 1.62. The van der Waals surface area contributed by atoms with Crippen LogP contribution in [0.2, 0.25) is 5.15 Å². The number of ether oxygens (including phenoxy) is 3. The Morgan fingerprint density at radius 2 is 0.843 bits per heavy atom. The van der Waals surface area contributed by atoms with Gasteiger partial charge in [-0.2, -0.15) is 13.2 Å². The molecular formula is C67H62ClF3N12O6. The summed E-state index contributed by atoms with van der Waals surface area (Å²) >= 11 is 6.06. The number of pyridine rings is 3. The summed E-state index contributed by atoms with van der Waals surface area (Å²) in [5, 5.41) is 0.253. The number of alkyl halides is 3. The van der Waals surface area contributed by atoms with Crippen molar-refractivity contribution in [2.24, 2.45) is 0 Å². The van der Waals surface area contributed by atoms with Gasteiger partial charge in [-0.25, -0.2) is 39.9 Å². The molecule has 3 aliphatic heterocycles. The summed E-state index contributed by atoms with van der Waals surface area (Å²) in [5.74, 6) is 3.39. The Balaban J connectivity index is 0.000000138. The molecule has 0 radical (unpaired) electrons. The number of hydrogen-bond donors (Lipinski definition) is 0. The number of rotatable bonds is 11. The van der Waals surface area contributed by atoms with Crippen molar-refractivity contribution in [3.05, 3.63) is 180 Å². The molecule has 89 heavy (non-hydrogen) atoms. The van der Waals surface area contributed by atoms with Crippen LogP contribution in [-0.4, -0.2) is 89.6 Å². The third-order valence-electron chi connectivity index (χ3n) is 16.2. The van der Waals surface area contributed by atoms with Gasteiger partial charge in [0.05, 0.1) is 88.9 Å². The average molecular weight is 1220 g/mol. The Morgan fingerprint density at radius 1 is 0.472 bits per heavy atom. The van der Waals surface area contributed by atoms with Gasteiger partial charge in [0.2, 0.25) is 23.6 Å². The molecule has 0 unspecified atom stereocenters. The lowest BCUT2D eigenvalue weighted by Gasteiger charge is -2.21. The van der Waals surface area contributed by atoms with Gasteiger partial charge in [-0.05, 0) is 133 Å². The predicted octanol–water partition coefficient (Wildman–Crippen LogP) is 13.9. The Labute approximate surface area is 517 Å². The summed E-state index contributed by atoms with van der Waals surface area (Å²) in [4.78, 5) is 83.2. The number of aryl methyl sites for hydroxylation is 3. The SMILES string of the molecule is COc1cc(N2C(=O)C(C)(C)c3ccc(-c4cnc(C)nc4)cc32)cnc1C1CC1.COc1cc(N2C(=O)C(C)(C)c3ccc(-c4cnc(C)nc4)cc32)cnc1Cl.Cc1ncc(-c2ccc3c(c2)N(c2ccc(OCC(F)(F)F)nc2)C(=O)C3(C)C)cn1. The van der Waals surface area contributed by atoms with E-state index in [1.165, 1.54) is 30.3 Å². The van der Waals surface area contributed by atoms with Crippen molar-refractivity contribution in [2.75, 3.05) is 35.5 Å². The first-order valence-corrected chi connectivity index (χ1v) is 28.9. The van der Waals surface area contributed by atoms with Crippen molar-refractivity contribution in [1.29, 1.82) is 0 Å². The number of hydrogen-bond acceptors (Lipinski definition) is 15. The summed E-state index contributed by atoms with van der Waals surface area (Å²) < 4.78 is 52.6. The molecular weight excluding hydrogens is 1160 g/mol. The molecule has 1 fully saturated rings. The fraction of sp³-hybridized carbons (Fsp3) is 0.284. The van der Waals surface area contributed by atoms with Crippen LogP contribution < -0.4 is 28.9 Å². The number of halogens is 4. The minimum Gasteiger partial charge on any atom is -0.495 e. The summed E-state index contributed by atoms with van der Waals surface area (Å²) in [7, 11) is 3.18. The molecule has 0 bridgehead atoms. The van der Waals surface area contributed by atoms with E-state index in [9.17, 15) is 27.6 Å². The number of carbonyl (C=O) groups excluding carboxylic acids is 3. The zero-order valence-electron chi connectivity index (χ0n) is 50.7. The lowest BCUT2D eigenvalue weighted by molar-refractivity contribution is -0.154. The number of aromatic nitrogens is 9. The van der Waals surface area contributed by atoms with Gasteiger partial charge in [0, 0.05) is 78.0 Å². The van der Waals surface area contributed by atoms with E-state index in [0.29, 0.717) is 40.4 Å². The highest BCUT2D eigenvalue weighted by Gasteiger charge is 2.48. The van der Waals surface area contributed by atoms with Gasteiger partial charge < -0.3 is 14.2 Å². The summed E-state index contributed by atoms with van der Waals surface area (Å²) in [6.07, 6.45) is 13.1. The van der Waals surface area contributed by atoms with Crippen LogP contribution in [0.3, 0.4) is 0 Å². The van der Waals surface area contributed by atoms with Gasteiger partial charge in [0.1, 0.15) is 23.2 Å². The van der Waals surface area contributed by atoms with Crippen LogP contribution in [0.4, 0.5) is 47.3 Å². The molecule has 0 atom stereocenters. The molecule has 18 nitrogen and oxygen atoms in total. The predicted molar refractivity (Wildman–Crippen MR) is 331 cm³/mol. The molecule has 4 aliphatic rings. The second-order valence-corrected chi connectivity index (χ2v) is 23.9. The molecule has 1 aliphatic carbocycles. The molecule has 454 valence electrons. The van der Waals surface area contributed by atoms with Crippen LogP contribution in [-0.2, 0) is 30.6 Å². The van der Waals surface area contributed by atoms with E-state index in [2.05, 4.69) is 49.6 Å². The highest BCUT2D eigenvalue weighted by atomic mass is 35.5. The van der Waals surface area contributed by atoms with Gasteiger partial charge in [0.15, 0.2) is 17.5 Å². The molecule has 3 aromatic carbocycles. The van der Waals surface area contributed by atoms with Gasteiger partial charge >= 0.3 is 6.18 Å². The molecule has 3 amide bonds. The van der Waals surface area contributed by atoms with Gasteiger partial charge in [0.25, 0.3) is 0 Å². The van der Waals surface area contributed by atoms with E-state index in [1.54, 1.807) is 67.1 Å². The van der Waals surface area contributed by atoms with E-state index in [-0.39, 0.29) is 28.8 Å². The maximum absolute atomic E-state index is 13.4. The minimum absolute atomic E-state index is 0.0258. The zero-order chi connectivity index (χ0) is 63.5. The smallest absolute Gasteiger partial charge is 0.422 e. The van der Waals surface area contributed by atoms with Crippen LogP contribution in [0.1, 0.15) is 100 Å². The van der Waals surface area contributed by atoms with Crippen molar-refractivity contribution in [3.63, 3.8) is 0 Å². The number of nitrogens with zero attached hydrogens (tertiary/aromatic N) is 12. The first kappa shape index (κ1) is 60.9. The summed E-state index contributed by atoms with van der Waals surface area (Å²) in [6.45, 7) is 15.5. The Morgan fingerprint density at radius 3 is 1.20 bits per heavy atom. The van der Waals surface area contributed by atoms with E-state index >= 15 is 0 Å². The highest BCUT2D eigenvalue weighted by molar-refractivity contribution is 6.31. The normalized spacial score (nSPS) is 15.8. The lowest BCUT2D eigenvalue weighted by atomic mass is 9.85. The number of amides is 3. The highest BCUT2D eigenvalue weighted by Crippen LogP contribution is 2.51. The topological polar surface area (TPSA) is 205 Å². The molecule has 9 aromatic rings. The van der Waals surface area contributed by atoms with E-state index < -0.39 is 29.0 Å². The maximum Gasteiger partial charge on any atom is 0.422 e. The van der Waals surface area contributed by atoms with Gasteiger partial charge in [-0.1, -0.05) is 48.0 Å². The molecule has 0 spiro atoms. The van der Waals surface area contributed by atoms with Crippen LogP contribution in [0.15, 0.2) is 135 Å². The molecule has 6 aromatic heterocycles. The second-order valence-electron chi connectivity index (χ2n) is 23.5. The van der Waals surface area contributed by atoms with E-state index in [4.69, 9.17) is 21.1 Å². The second kappa shape index (κ2) is 23.4. The quantitative estimate of drug-likeness (QED) is 0.110. The lowest BCUT2D eigenvalue weighted by Crippen LogP contribution is -2.33. The number of methoxy groups -OCH3 is 2. The largest absolute Gasteiger partial charge is 0.495 e. The number of carbonyl (C=O) groups is 3. The Kier molecular flexibility index (Phi) is 16.0. The number of anilines is 6. The molecule has 22 heteroatoms. The zero-order valence-corrected chi connectivity index (χ0v) is 51.5. The number of benzene rings is 3. The molecule has 0 N–H and O–H groups in total. The Bertz CT molecular complexity index is 4220. The molecule has 13 rings (SSSR count). The van der Waals surface area contributed by atoms with Gasteiger partial charge in [-0.3, -0.25) is 34.1 Å². The Hall–Kier alpha value is -9.76. The molecule has 9 heterocycles. The monoisotopic (exact) mass is 1220 g/mol. The van der Waals surface area contributed by atoms with Crippen molar-refractivity contribution in [3.8, 4) is 50.8 Å². The van der Waals surface area contributed by atoms with E-state index in [0.717, 1.165) is 97.2 Å². The third-order valence-corrected chi connectivity index (χ3v) is 16.5. The molecule has 0 saturated heterocycles. The minimum atomic E-state index is -4.45. The van der Waals surface area contributed by atoms with Crippen LogP contribution in [0.5, 0.6) is 17.4 Å². The van der Waals surface area contributed by atoms with Crippen molar-refractivity contribution >= 4 is 63.4 Å². The van der Waals surface area contributed by atoms with Gasteiger partial charge in [-0.15, -0.1) is 0 Å². The summed E-state index contributed by atoms with van der Waals surface area (Å²) in [6, 6.07) is 24.2. The van der Waals surface area contributed by atoms with Crippen LogP contribution >= 0.6 is 11.6 Å². The van der Waals surface area contributed by atoms with Crippen molar-refractivity contribution < 1.29 is 41.8 Å². The first-order chi connectivity index (χ1) is 42.3. The fourth-order valence-electron chi connectivity index (χ4n) is 11.0. The van der Waals surface area contributed by atoms with Crippen molar-refractivity contribution in [2.45, 2.75) is 103 Å².